The third-order valence-corrected chi connectivity index (χ3v) is 5.32. The van der Waals surface area contributed by atoms with E-state index in [9.17, 15) is 14.0 Å². The second kappa shape index (κ2) is 9.45. The number of nitrogens with zero attached hydrogens (tertiary/aromatic N) is 2. The lowest BCUT2D eigenvalue weighted by Gasteiger charge is -2.12. The molecule has 2 aromatic carbocycles. The van der Waals surface area contributed by atoms with Crippen LogP contribution in [-0.2, 0) is 9.59 Å². The lowest BCUT2D eigenvalue weighted by atomic mass is 10.2. The lowest BCUT2D eigenvalue weighted by Crippen LogP contribution is -2.23. The first-order chi connectivity index (χ1) is 14.4. The third kappa shape index (κ3) is 4.98. The second-order valence-corrected chi connectivity index (χ2v) is 7.24. The molecular formula is C21H20FN3O4S. The number of halogens is 1. The SMILES string of the molecule is CN=C1S/C(=C/c2ccc(OCC(=O)Nc3ccc(F)cc3)c(OC)c2)C(=O)N1C. The average molecular weight is 429 g/mol. The van der Waals surface area contributed by atoms with E-state index >= 15 is 0 Å². The Morgan fingerprint density at radius 2 is 1.97 bits per heavy atom. The zero-order valence-corrected chi connectivity index (χ0v) is 17.5. The predicted octanol–water partition coefficient (Wildman–Crippen LogP) is 3.38. The molecule has 0 bridgehead atoms. The maximum atomic E-state index is 12.9. The van der Waals surface area contributed by atoms with E-state index < -0.39 is 5.91 Å². The summed E-state index contributed by atoms with van der Waals surface area (Å²) in [4.78, 5) is 30.5. The van der Waals surface area contributed by atoms with Crippen molar-refractivity contribution in [3.05, 3.63) is 58.8 Å². The summed E-state index contributed by atoms with van der Waals surface area (Å²) in [6, 6.07) is 10.6. The van der Waals surface area contributed by atoms with Gasteiger partial charge in [0.2, 0.25) is 0 Å². The molecule has 30 heavy (non-hydrogen) atoms. The molecule has 9 heteroatoms. The maximum absolute atomic E-state index is 12.9. The van der Waals surface area contributed by atoms with Gasteiger partial charge in [0, 0.05) is 19.8 Å². The standard InChI is InChI=1S/C21H20FN3O4S/c1-23-21-25(2)20(27)18(30-21)11-13-4-9-16(17(10-13)28-3)29-12-19(26)24-15-7-5-14(22)6-8-15/h4-11H,12H2,1-3H3,(H,24,26)/b18-11+,23-21?. The van der Waals surface area contributed by atoms with Crippen molar-refractivity contribution in [2.24, 2.45) is 4.99 Å². The molecule has 2 aromatic rings. The number of amidine groups is 1. The Bertz CT molecular complexity index is 1020. The van der Waals surface area contributed by atoms with Crippen LogP contribution in [0.2, 0.25) is 0 Å². The van der Waals surface area contributed by atoms with Crippen LogP contribution in [-0.4, -0.2) is 49.7 Å². The van der Waals surface area contributed by atoms with E-state index in [1.54, 1.807) is 38.4 Å². The molecule has 1 aliphatic rings. The quantitative estimate of drug-likeness (QED) is 0.712. The molecule has 0 radical (unpaired) electrons. The van der Waals surface area contributed by atoms with Crippen molar-refractivity contribution >= 4 is 40.5 Å². The number of rotatable bonds is 6. The average Bonchev–Trinajstić information content (AvgIpc) is 3.02. The highest BCUT2D eigenvalue weighted by atomic mass is 32.2. The highest BCUT2D eigenvalue weighted by Crippen LogP contribution is 2.34. The zero-order chi connectivity index (χ0) is 21.7. The fourth-order valence-corrected chi connectivity index (χ4v) is 3.59. The van der Waals surface area contributed by atoms with Crippen LogP contribution in [0.15, 0.2) is 52.4 Å². The molecule has 0 spiro atoms. The van der Waals surface area contributed by atoms with Gasteiger partial charge in [-0.3, -0.25) is 19.5 Å². The maximum Gasteiger partial charge on any atom is 0.266 e. The Morgan fingerprint density at radius 3 is 2.60 bits per heavy atom. The highest BCUT2D eigenvalue weighted by Gasteiger charge is 2.29. The first-order valence-corrected chi connectivity index (χ1v) is 9.73. The number of likely N-dealkylation sites (N-methyl/N-ethyl adjacent to an activating group) is 1. The molecule has 0 saturated carbocycles. The minimum atomic E-state index is -0.391. The van der Waals surface area contributed by atoms with Gasteiger partial charge in [0.15, 0.2) is 23.3 Å². The van der Waals surface area contributed by atoms with Crippen LogP contribution >= 0.6 is 11.8 Å². The van der Waals surface area contributed by atoms with Gasteiger partial charge in [-0.05, 0) is 59.8 Å². The molecule has 0 aliphatic carbocycles. The minimum Gasteiger partial charge on any atom is -0.493 e. The molecule has 1 fully saturated rings. The highest BCUT2D eigenvalue weighted by molar-refractivity contribution is 8.18. The van der Waals surface area contributed by atoms with Gasteiger partial charge in [-0.2, -0.15) is 0 Å². The van der Waals surface area contributed by atoms with Crippen molar-refractivity contribution in [1.29, 1.82) is 0 Å². The van der Waals surface area contributed by atoms with Gasteiger partial charge in [-0.25, -0.2) is 4.39 Å². The summed E-state index contributed by atoms with van der Waals surface area (Å²) in [6.45, 7) is -0.246. The van der Waals surface area contributed by atoms with Crippen LogP contribution in [0.25, 0.3) is 6.08 Å². The van der Waals surface area contributed by atoms with E-state index in [0.29, 0.717) is 27.3 Å². The Labute approximate surface area is 177 Å². The van der Waals surface area contributed by atoms with Crippen molar-refractivity contribution in [1.82, 2.24) is 4.90 Å². The van der Waals surface area contributed by atoms with Crippen LogP contribution in [0.5, 0.6) is 11.5 Å². The van der Waals surface area contributed by atoms with Gasteiger partial charge in [0.25, 0.3) is 11.8 Å². The van der Waals surface area contributed by atoms with Gasteiger partial charge in [-0.15, -0.1) is 0 Å². The largest absolute Gasteiger partial charge is 0.493 e. The molecule has 3 rings (SSSR count). The third-order valence-electron chi connectivity index (χ3n) is 4.17. The van der Waals surface area contributed by atoms with Gasteiger partial charge >= 0.3 is 0 Å². The first-order valence-electron chi connectivity index (χ1n) is 8.92. The molecule has 1 N–H and O–H groups in total. The Balaban J connectivity index is 1.67. The number of ether oxygens (including phenoxy) is 2. The Kier molecular flexibility index (Phi) is 6.73. The summed E-state index contributed by atoms with van der Waals surface area (Å²) < 4.78 is 23.8. The van der Waals surface area contributed by atoms with E-state index in [0.717, 1.165) is 5.56 Å². The van der Waals surface area contributed by atoms with Crippen LogP contribution in [0, 0.1) is 5.82 Å². The van der Waals surface area contributed by atoms with Gasteiger partial charge in [0.05, 0.1) is 12.0 Å². The van der Waals surface area contributed by atoms with Crippen LogP contribution in [0.4, 0.5) is 10.1 Å². The minimum absolute atomic E-state index is 0.127. The van der Waals surface area contributed by atoms with Crippen molar-refractivity contribution in [3.63, 3.8) is 0 Å². The van der Waals surface area contributed by atoms with Crippen molar-refractivity contribution in [2.45, 2.75) is 0 Å². The summed E-state index contributed by atoms with van der Waals surface area (Å²) in [5.74, 6) is -0.0967. The van der Waals surface area contributed by atoms with Gasteiger partial charge < -0.3 is 14.8 Å². The van der Waals surface area contributed by atoms with E-state index in [2.05, 4.69) is 10.3 Å². The number of carbonyl (C=O) groups excluding carboxylic acids is 2. The number of anilines is 1. The smallest absolute Gasteiger partial charge is 0.266 e. The Morgan fingerprint density at radius 1 is 1.23 bits per heavy atom. The molecule has 7 nitrogen and oxygen atoms in total. The topological polar surface area (TPSA) is 80.2 Å². The summed E-state index contributed by atoms with van der Waals surface area (Å²) in [7, 11) is 4.80. The molecule has 0 aromatic heterocycles. The van der Waals surface area contributed by atoms with E-state index in [-0.39, 0.29) is 18.3 Å². The number of nitrogens with one attached hydrogen (secondary N) is 1. The number of amides is 2. The monoisotopic (exact) mass is 429 g/mol. The number of methoxy groups -OCH3 is 1. The summed E-state index contributed by atoms with van der Waals surface area (Å²) >= 11 is 1.29. The number of benzene rings is 2. The first kappa shape index (κ1) is 21.4. The van der Waals surface area contributed by atoms with Gasteiger partial charge in [0.1, 0.15) is 5.82 Å². The zero-order valence-electron chi connectivity index (χ0n) is 16.6. The molecule has 0 atom stereocenters. The normalized spacial score (nSPS) is 16.3. The molecule has 2 amide bonds. The Hall–Kier alpha value is -3.33. The number of thioether (sulfide) groups is 1. The van der Waals surface area contributed by atoms with Crippen LogP contribution < -0.4 is 14.8 Å². The van der Waals surface area contributed by atoms with E-state index in [1.165, 1.54) is 48.0 Å². The van der Waals surface area contributed by atoms with E-state index in [1.807, 2.05) is 0 Å². The molecule has 0 unspecified atom stereocenters. The second-order valence-electron chi connectivity index (χ2n) is 6.24. The molecule has 1 heterocycles. The number of hydrogen-bond donors (Lipinski definition) is 1. The van der Waals surface area contributed by atoms with Crippen LogP contribution in [0.3, 0.4) is 0 Å². The van der Waals surface area contributed by atoms with Crippen molar-refractivity contribution < 1.29 is 23.5 Å². The molecule has 1 saturated heterocycles. The molecular weight excluding hydrogens is 409 g/mol. The van der Waals surface area contributed by atoms with Crippen molar-refractivity contribution in [2.75, 3.05) is 33.1 Å². The van der Waals surface area contributed by atoms with E-state index in [4.69, 9.17) is 9.47 Å². The fraction of sp³-hybridized carbons (Fsp3) is 0.190. The lowest BCUT2D eigenvalue weighted by molar-refractivity contribution is -0.121. The summed E-state index contributed by atoms with van der Waals surface area (Å²) in [5.41, 5.74) is 1.22. The number of carbonyl (C=O) groups is 2. The predicted molar refractivity (Wildman–Crippen MR) is 115 cm³/mol. The number of aliphatic imine (C=N–C) groups is 1. The summed E-state index contributed by atoms with van der Waals surface area (Å²) in [5, 5.41) is 3.25. The molecule has 1 aliphatic heterocycles. The van der Waals surface area contributed by atoms with Gasteiger partial charge in [-0.1, -0.05) is 6.07 Å². The fourth-order valence-electron chi connectivity index (χ4n) is 2.67. The van der Waals surface area contributed by atoms with Crippen LogP contribution in [0.1, 0.15) is 5.56 Å². The number of hydrogen-bond acceptors (Lipinski definition) is 6. The summed E-state index contributed by atoms with van der Waals surface area (Å²) in [6.07, 6.45) is 1.75. The van der Waals surface area contributed by atoms with Crippen molar-refractivity contribution in [3.8, 4) is 11.5 Å². The molecule has 156 valence electrons.